The second-order valence-corrected chi connectivity index (χ2v) is 8.26. The molecule has 31 heavy (non-hydrogen) atoms. The Labute approximate surface area is 183 Å². The van der Waals surface area contributed by atoms with Crippen LogP contribution in [0.25, 0.3) is 5.69 Å². The first-order chi connectivity index (χ1) is 14.7. The number of aromatic nitrogens is 3. The predicted molar refractivity (Wildman–Crippen MR) is 105 cm³/mol. The fourth-order valence-corrected chi connectivity index (χ4v) is 4.86. The molecule has 1 aliphatic carbocycles. The van der Waals surface area contributed by atoms with Gasteiger partial charge in [-0.3, -0.25) is 0 Å². The monoisotopic (exact) mass is 471 g/mol. The van der Waals surface area contributed by atoms with Crippen molar-refractivity contribution in [3.8, 4) is 5.69 Å². The zero-order valence-electron chi connectivity index (χ0n) is 15.7. The number of carboxylic acid groups (broad SMARTS) is 1. The van der Waals surface area contributed by atoms with Crippen LogP contribution >= 0.6 is 23.4 Å². The van der Waals surface area contributed by atoms with Crippen molar-refractivity contribution >= 4 is 29.3 Å². The molecular weight excluding hydrogens is 458 g/mol. The molecule has 0 fully saturated rings. The molecule has 2 heterocycles. The number of alkyl halides is 3. The van der Waals surface area contributed by atoms with E-state index in [4.69, 9.17) is 16.7 Å². The number of halogens is 5. The van der Waals surface area contributed by atoms with E-state index in [1.807, 2.05) is 0 Å². The number of carbonyl (C=O) groups is 1. The van der Waals surface area contributed by atoms with Gasteiger partial charge in [-0.2, -0.15) is 18.3 Å². The van der Waals surface area contributed by atoms with Gasteiger partial charge in [-0.05, 0) is 49.9 Å². The van der Waals surface area contributed by atoms with Crippen molar-refractivity contribution in [2.45, 2.75) is 41.8 Å². The standard InChI is InChI=1S/C20H14ClF4N3O2S/c21-17-16(12(7-8-26-17)20(23,24)25)31-18-11-3-1-2-4-14(11)28(27-18)15-6-5-10(19(29)30)9-13(15)22/h5-9H,1-4H2,(H,29,30). The number of fused-ring (bicyclic) bond motifs is 1. The molecule has 162 valence electrons. The first-order valence-electron chi connectivity index (χ1n) is 9.20. The maximum Gasteiger partial charge on any atom is 0.417 e. The lowest BCUT2D eigenvalue weighted by atomic mass is 9.98. The maximum atomic E-state index is 14.7. The van der Waals surface area contributed by atoms with E-state index in [2.05, 4.69) is 10.1 Å². The number of hydrogen-bond acceptors (Lipinski definition) is 4. The van der Waals surface area contributed by atoms with Crippen LogP contribution in [-0.2, 0) is 19.0 Å². The molecule has 1 aliphatic rings. The van der Waals surface area contributed by atoms with Crippen LogP contribution in [-0.4, -0.2) is 25.8 Å². The Bertz CT molecular complexity index is 1180. The van der Waals surface area contributed by atoms with E-state index in [-0.39, 0.29) is 26.3 Å². The molecule has 1 aromatic carbocycles. The Kier molecular flexibility index (Phi) is 5.69. The number of benzene rings is 1. The van der Waals surface area contributed by atoms with E-state index in [0.29, 0.717) is 18.5 Å². The van der Waals surface area contributed by atoms with E-state index in [1.54, 1.807) is 0 Å². The van der Waals surface area contributed by atoms with Crippen molar-refractivity contribution in [2.75, 3.05) is 0 Å². The quantitative estimate of drug-likeness (QED) is 0.384. The van der Waals surface area contributed by atoms with Gasteiger partial charge in [0, 0.05) is 17.5 Å². The summed E-state index contributed by atoms with van der Waals surface area (Å²) in [5, 5.41) is 13.4. The lowest BCUT2D eigenvalue weighted by Crippen LogP contribution is -2.10. The summed E-state index contributed by atoms with van der Waals surface area (Å²) in [4.78, 5) is 14.6. The topological polar surface area (TPSA) is 68.0 Å². The second-order valence-electron chi connectivity index (χ2n) is 6.90. The van der Waals surface area contributed by atoms with Crippen molar-refractivity contribution in [2.24, 2.45) is 0 Å². The minimum Gasteiger partial charge on any atom is -0.478 e. The molecule has 11 heteroatoms. The van der Waals surface area contributed by atoms with Gasteiger partial charge < -0.3 is 5.11 Å². The Morgan fingerprint density at radius 1 is 1.19 bits per heavy atom. The summed E-state index contributed by atoms with van der Waals surface area (Å²) < 4.78 is 56.4. The Hall–Kier alpha value is -2.59. The smallest absolute Gasteiger partial charge is 0.417 e. The van der Waals surface area contributed by atoms with Crippen LogP contribution in [0.3, 0.4) is 0 Å². The molecule has 2 aromatic heterocycles. The first kappa shape index (κ1) is 21.6. The summed E-state index contributed by atoms with van der Waals surface area (Å²) in [6, 6.07) is 4.29. The van der Waals surface area contributed by atoms with Gasteiger partial charge in [0.2, 0.25) is 0 Å². The number of aromatic carboxylic acids is 1. The number of carboxylic acids is 1. The van der Waals surface area contributed by atoms with Gasteiger partial charge in [-0.15, -0.1) is 0 Å². The van der Waals surface area contributed by atoms with E-state index in [0.717, 1.165) is 48.5 Å². The van der Waals surface area contributed by atoms with Gasteiger partial charge in [0.25, 0.3) is 0 Å². The number of pyridine rings is 1. The highest BCUT2D eigenvalue weighted by Gasteiger charge is 2.36. The van der Waals surface area contributed by atoms with Crippen molar-refractivity contribution in [1.29, 1.82) is 0 Å². The lowest BCUT2D eigenvalue weighted by Gasteiger charge is -2.15. The first-order valence-corrected chi connectivity index (χ1v) is 10.4. The largest absolute Gasteiger partial charge is 0.478 e. The van der Waals surface area contributed by atoms with Crippen molar-refractivity contribution in [3.63, 3.8) is 0 Å². The number of rotatable bonds is 4. The van der Waals surface area contributed by atoms with Crippen molar-refractivity contribution in [1.82, 2.24) is 14.8 Å². The Morgan fingerprint density at radius 3 is 2.61 bits per heavy atom. The van der Waals surface area contributed by atoms with Crippen LogP contribution in [0.2, 0.25) is 5.15 Å². The molecular formula is C20H14ClF4N3O2S. The highest BCUT2D eigenvalue weighted by Crippen LogP contribution is 2.44. The van der Waals surface area contributed by atoms with Crippen LogP contribution in [0.4, 0.5) is 17.6 Å². The third kappa shape index (κ3) is 4.14. The number of hydrogen-bond donors (Lipinski definition) is 1. The molecule has 3 aromatic rings. The van der Waals surface area contributed by atoms with E-state index in [1.165, 1.54) is 16.8 Å². The molecule has 1 N–H and O–H groups in total. The van der Waals surface area contributed by atoms with Crippen molar-refractivity contribution in [3.05, 3.63) is 63.8 Å². The van der Waals surface area contributed by atoms with Crippen LogP contribution in [0.1, 0.15) is 40.0 Å². The van der Waals surface area contributed by atoms with Crippen LogP contribution in [0.5, 0.6) is 0 Å². The van der Waals surface area contributed by atoms with Gasteiger partial charge in [0.1, 0.15) is 21.7 Å². The molecule has 0 saturated carbocycles. The van der Waals surface area contributed by atoms with Gasteiger partial charge in [0.15, 0.2) is 0 Å². The summed E-state index contributed by atoms with van der Waals surface area (Å²) in [7, 11) is 0. The van der Waals surface area contributed by atoms with Gasteiger partial charge in [-0.1, -0.05) is 23.4 Å². The summed E-state index contributed by atoms with van der Waals surface area (Å²) in [6.07, 6.45) is -0.862. The lowest BCUT2D eigenvalue weighted by molar-refractivity contribution is -0.139. The summed E-state index contributed by atoms with van der Waals surface area (Å²) in [6.45, 7) is 0. The van der Waals surface area contributed by atoms with E-state index < -0.39 is 23.5 Å². The van der Waals surface area contributed by atoms with Crippen LogP contribution < -0.4 is 0 Å². The van der Waals surface area contributed by atoms with E-state index in [9.17, 15) is 22.4 Å². The van der Waals surface area contributed by atoms with Crippen LogP contribution in [0.15, 0.2) is 40.4 Å². The summed E-state index contributed by atoms with van der Waals surface area (Å²) >= 11 is 6.73. The SMILES string of the molecule is O=C(O)c1ccc(-n2nc(Sc3c(C(F)(F)F)ccnc3Cl)c3c2CCCC3)c(F)c1. The van der Waals surface area contributed by atoms with Gasteiger partial charge >= 0.3 is 12.1 Å². The summed E-state index contributed by atoms with van der Waals surface area (Å²) in [5.41, 5.74) is 0.307. The average molecular weight is 472 g/mol. The molecule has 0 unspecified atom stereocenters. The molecule has 0 saturated heterocycles. The molecule has 0 bridgehead atoms. The Balaban J connectivity index is 1.83. The highest BCUT2D eigenvalue weighted by molar-refractivity contribution is 7.99. The van der Waals surface area contributed by atoms with Crippen molar-refractivity contribution < 1.29 is 27.5 Å². The molecule has 5 nitrogen and oxygen atoms in total. The minimum absolute atomic E-state index is 0.0309. The van der Waals surface area contributed by atoms with Gasteiger partial charge in [0.05, 0.1) is 16.0 Å². The van der Waals surface area contributed by atoms with Crippen LogP contribution in [0, 0.1) is 5.82 Å². The predicted octanol–water partition coefficient (Wildman–Crippen LogP) is 5.81. The third-order valence-electron chi connectivity index (χ3n) is 4.93. The third-order valence-corrected chi connectivity index (χ3v) is 6.47. The zero-order chi connectivity index (χ0) is 22.3. The molecule has 4 rings (SSSR count). The average Bonchev–Trinajstić information content (AvgIpc) is 3.07. The molecule has 0 amide bonds. The maximum absolute atomic E-state index is 14.7. The number of nitrogens with zero attached hydrogens (tertiary/aromatic N) is 3. The zero-order valence-corrected chi connectivity index (χ0v) is 17.3. The molecule has 0 radical (unpaired) electrons. The second kappa shape index (κ2) is 8.16. The summed E-state index contributed by atoms with van der Waals surface area (Å²) in [5.74, 6) is -2.06. The van der Waals surface area contributed by atoms with E-state index >= 15 is 0 Å². The fourth-order valence-electron chi connectivity index (χ4n) is 3.50. The molecule has 0 spiro atoms. The fraction of sp³-hybridized carbons (Fsp3) is 0.250. The minimum atomic E-state index is -4.63. The molecule has 0 atom stereocenters. The Morgan fingerprint density at radius 2 is 1.94 bits per heavy atom. The molecule has 0 aliphatic heterocycles. The van der Waals surface area contributed by atoms with Gasteiger partial charge in [-0.25, -0.2) is 18.9 Å². The normalized spacial score (nSPS) is 13.8. The highest BCUT2D eigenvalue weighted by atomic mass is 35.5.